The maximum atomic E-state index is 13.9. The molecule has 33 heavy (non-hydrogen) atoms. The fourth-order valence-electron chi connectivity index (χ4n) is 2.94. The topological polar surface area (TPSA) is 88.9 Å². The first-order chi connectivity index (χ1) is 15.7. The highest BCUT2D eigenvalue weighted by Crippen LogP contribution is 2.27. The number of amides is 2. The van der Waals surface area contributed by atoms with E-state index in [1.165, 1.54) is 0 Å². The second-order valence-electron chi connectivity index (χ2n) is 6.87. The molecule has 0 aliphatic carbocycles. The highest BCUT2D eigenvalue weighted by Gasteiger charge is 2.21. The van der Waals surface area contributed by atoms with Crippen LogP contribution in [0, 0.1) is 11.6 Å². The van der Waals surface area contributed by atoms with Gasteiger partial charge >= 0.3 is 0 Å². The molecule has 0 saturated heterocycles. The van der Waals surface area contributed by atoms with Crippen molar-refractivity contribution in [2.45, 2.75) is 31.6 Å². The molecule has 3 rings (SSSR count). The summed E-state index contributed by atoms with van der Waals surface area (Å²) in [5.41, 5.74) is 0.317. The lowest BCUT2D eigenvalue weighted by molar-refractivity contribution is -0.113. The number of anilines is 1. The smallest absolute Gasteiger partial charge is 0.251 e. The Morgan fingerprint density at radius 2 is 1.91 bits per heavy atom. The number of halogens is 4. The zero-order valence-corrected chi connectivity index (χ0v) is 20.7. The van der Waals surface area contributed by atoms with Gasteiger partial charge in [-0.25, -0.2) is 8.78 Å². The Morgan fingerprint density at radius 3 is 2.55 bits per heavy atom. The van der Waals surface area contributed by atoms with Crippen LogP contribution in [0.5, 0.6) is 0 Å². The Balaban J connectivity index is 1.64. The first-order valence-electron chi connectivity index (χ1n) is 9.76. The van der Waals surface area contributed by atoms with Crippen molar-refractivity contribution < 1.29 is 18.4 Å². The first-order valence-corrected chi connectivity index (χ1v) is 11.9. The van der Waals surface area contributed by atoms with Crippen molar-refractivity contribution in [3.8, 4) is 0 Å². The lowest BCUT2D eigenvalue weighted by Gasteiger charge is -2.15. The molecule has 174 valence electrons. The molecule has 0 aliphatic rings. The van der Waals surface area contributed by atoms with E-state index in [0.29, 0.717) is 34.2 Å². The maximum Gasteiger partial charge on any atom is 0.251 e. The van der Waals surface area contributed by atoms with Gasteiger partial charge < -0.3 is 15.2 Å². The Morgan fingerprint density at radius 1 is 1.21 bits per heavy atom. The molecule has 0 fully saturated rings. The number of carbonyl (C=O) groups excluding carboxylic acids is 2. The molecule has 1 aromatic heterocycles. The highest BCUT2D eigenvalue weighted by atomic mass is 79.9. The van der Waals surface area contributed by atoms with Crippen LogP contribution in [0.1, 0.15) is 36.1 Å². The van der Waals surface area contributed by atoms with Gasteiger partial charge in [-0.05, 0) is 60.1 Å². The molecular formula is C21H19BrClF2N5O2S. The molecule has 0 spiro atoms. The van der Waals surface area contributed by atoms with Gasteiger partial charge in [0.25, 0.3) is 5.91 Å². The second kappa shape index (κ2) is 11.1. The van der Waals surface area contributed by atoms with Crippen LogP contribution in [0.15, 0.2) is 46.0 Å². The summed E-state index contributed by atoms with van der Waals surface area (Å²) in [5.74, 6) is -1.98. The number of aromatic nitrogens is 3. The summed E-state index contributed by atoms with van der Waals surface area (Å²) in [5, 5.41) is 14.6. The summed E-state index contributed by atoms with van der Waals surface area (Å²) in [6, 6.07) is 7.80. The lowest BCUT2D eigenvalue weighted by atomic mass is 10.2. The Kier molecular flexibility index (Phi) is 8.44. The Hall–Kier alpha value is -2.50. The van der Waals surface area contributed by atoms with E-state index in [1.54, 1.807) is 35.8 Å². The molecule has 2 aromatic carbocycles. The predicted molar refractivity (Wildman–Crippen MR) is 126 cm³/mol. The molecule has 0 radical (unpaired) electrons. The van der Waals surface area contributed by atoms with E-state index in [4.69, 9.17) is 11.6 Å². The lowest BCUT2D eigenvalue weighted by Crippen LogP contribution is -2.28. The van der Waals surface area contributed by atoms with Gasteiger partial charge in [-0.15, -0.1) is 10.2 Å². The summed E-state index contributed by atoms with van der Waals surface area (Å²) in [7, 11) is 0. The van der Waals surface area contributed by atoms with Crippen LogP contribution in [0.3, 0.4) is 0 Å². The van der Waals surface area contributed by atoms with E-state index < -0.39 is 23.6 Å². The molecular weight excluding hydrogens is 540 g/mol. The monoisotopic (exact) mass is 557 g/mol. The minimum absolute atomic E-state index is 0.0765. The van der Waals surface area contributed by atoms with Crippen LogP contribution in [-0.4, -0.2) is 32.3 Å². The predicted octanol–water partition coefficient (Wildman–Crippen LogP) is 5.21. The molecule has 1 heterocycles. The standard InChI is InChI=1S/C21H19BrClF2N5O2S/c1-3-30-19(11(2)26-20(32)12-4-6-13(23)7-5-12)28-29-21(30)33-10-17(31)27-18-15(22)8-14(24)9-16(18)25/h4-9,11H,3,10H2,1-2H3,(H,26,32)(H,27,31)/t11-/m1/s1. The zero-order chi connectivity index (χ0) is 24.1. The second-order valence-corrected chi connectivity index (χ2v) is 9.10. The Labute approximate surface area is 206 Å². The molecule has 0 unspecified atom stereocenters. The number of hydrogen-bond acceptors (Lipinski definition) is 5. The molecule has 3 aromatic rings. The van der Waals surface area contributed by atoms with Crippen LogP contribution in [0.25, 0.3) is 0 Å². The fraction of sp³-hybridized carbons (Fsp3) is 0.238. The number of carbonyl (C=O) groups is 2. The van der Waals surface area contributed by atoms with Crippen molar-refractivity contribution in [1.82, 2.24) is 20.1 Å². The molecule has 0 bridgehead atoms. The molecule has 0 aliphatic heterocycles. The van der Waals surface area contributed by atoms with E-state index in [9.17, 15) is 18.4 Å². The van der Waals surface area contributed by atoms with Crippen molar-refractivity contribution in [3.05, 3.63) is 68.9 Å². The number of nitrogens with zero attached hydrogens (tertiary/aromatic N) is 3. The number of benzene rings is 2. The van der Waals surface area contributed by atoms with Gasteiger partial charge in [0.2, 0.25) is 5.91 Å². The van der Waals surface area contributed by atoms with Crippen molar-refractivity contribution in [1.29, 1.82) is 0 Å². The molecule has 12 heteroatoms. The SMILES string of the molecule is CCn1c(SCC(=O)Nc2c(F)cc(F)cc2Br)nnc1[C@@H](C)NC(=O)c1ccc(Cl)cc1. The van der Waals surface area contributed by atoms with E-state index in [-0.39, 0.29) is 21.8 Å². The van der Waals surface area contributed by atoms with Crippen LogP contribution in [-0.2, 0) is 11.3 Å². The summed E-state index contributed by atoms with van der Waals surface area (Å²) in [4.78, 5) is 24.8. The molecule has 2 amide bonds. The maximum absolute atomic E-state index is 13.9. The summed E-state index contributed by atoms with van der Waals surface area (Å²) in [6.07, 6.45) is 0. The van der Waals surface area contributed by atoms with Gasteiger partial charge in [-0.3, -0.25) is 9.59 Å². The quantitative estimate of drug-likeness (QED) is 0.371. The van der Waals surface area contributed by atoms with Gasteiger partial charge in [-0.1, -0.05) is 23.4 Å². The summed E-state index contributed by atoms with van der Waals surface area (Å²) >= 11 is 10.0. The number of rotatable bonds is 8. The fourth-order valence-corrected chi connectivity index (χ4v) is 4.38. The van der Waals surface area contributed by atoms with Gasteiger partial charge in [-0.2, -0.15) is 0 Å². The third-order valence-corrected chi connectivity index (χ3v) is 6.35. The van der Waals surface area contributed by atoms with Crippen LogP contribution in [0.4, 0.5) is 14.5 Å². The van der Waals surface area contributed by atoms with Crippen molar-refractivity contribution >= 4 is 56.8 Å². The van der Waals surface area contributed by atoms with E-state index in [2.05, 4.69) is 36.8 Å². The third kappa shape index (κ3) is 6.30. The molecule has 2 N–H and O–H groups in total. The van der Waals surface area contributed by atoms with E-state index in [1.807, 2.05) is 6.92 Å². The molecule has 0 saturated carbocycles. The number of hydrogen-bond donors (Lipinski definition) is 2. The van der Waals surface area contributed by atoms with Crippen LogP contribution in [0.2, 0.25) is 5.02 Å². The average molecular weight is 559 g/mol. The van der Waals surface area contributed by atoms with Gasteiger partial charge in [0.1, 0.15) is 5.82 Å². The first kappa shape index (κ1) is 25.1. The number of thioether (sulfide) groups is 1. The van der Waals surface area contributed by atoms with Crippen LogP contribution < -0.4 is 10.6 Å². The van der Waals surface area contributed by atoms with Gasteiger partial charge in [0, 0.05) is 27.7 Å². The molecule has 7 nitrogen and oxygen atoms in total. The average Bonchev–Trinajstić information content (AvgIpc) is 3.18. The van der Waals surface area contributed by atoms with E-state index in [0.717, 1.165) is 17.8 Å². The number of nitrogens with one attached hydrogen (secondary N) is 2. The van der Waals surface area contributed by atoms with Crippen LogP contribution >= 0.6 is 39.3 Å². The third-order valence-electron chi connectivity index (χ3n) is 4.51. The largest absolute Gasteiger partial charge is 0.342 e. The van der Waals surface area contributed by atoms with Crippen molar-refractivity contribution in [2.75, 3.05) is 11.1 Å². The minimum atomic E-state index is -0.885. The van der Waals surface area contributed by atoms with E-state index >= 15 is 0 Å². The molecule has 1 atom stereocenters. The normalized spacial score (nSPS) is 11.8. The van der Waals surface area contributed by atoms with Crippen molar-refractivity contribution in [3.63, 3.8) is 0 Å². The van der Waals surface area contributed by atoms with Crippen molar-refractivity contribution in [2.24, 2.45) is 0 Å². The summed E-state index contributed by atoms with van der Waals surface area (Å²) in [6.45, 7) is 4.17. The Bertz CT molecular complexity index is 1150. The highest BCUT2D eigenvalue weighted by molar-refractivity contribution is 9.10. The van der Waals surface area contributed by atoms with Gasteiger partial charge in [0.05, 0.1) is 17.5 Å². The minimum Gasteiger partial charge on any atom is -0.342 e. The zero-order valence-electron chi connectivity index (χ0n) is 17.5. The summed E-state index contributed by atoms with van der Waals surface area (Å²) < 4.78 is 29.0. The van der Waals surface area contributed by atoms with Gasteiger partial charge in [0.15, 0.2) is 16.8 Å².